The van der Waals surface area contributed by atoms with Crippen LogP contribution in [0.4, 0.5) is 13.2 Å². The Hall–Kier alpha value is -2.85. The Morgan fingerprint density at radius 2 is 2.12 bits per heavy atom. The highest BCUT2D eigenvalue weighted by atomic mass is 35.5. The zero-order chi connectivity index (χ0) is 24.2. The van der Waals surface area contributed by atoms with Crippen molar-refractivity contribution in [1.29, 1.82) is 0 Å². The maximum atomic E-state index is 13.0. The molecule has 1 unspecified atom stereocenters. The normalized spacial score (nSPS) is 14.2. The number of nitrogens with zero attached hydrogens (tertiary/aromatic N) is 2. The van der Waals surface area contributed by atoms with E-state index >= 15 is 0 Å². The van der Waals surface area contributed by atoms with Crippen LogP contribution in [0.3, 0.4) is 0 Å². The lowest BCUT2D eigenvalue weighted by atomic mass is 10.1. The van der Waals surface area contributed by atoms with Crippen molar-refractivity contribution in [3.63, 3.8) is 0 Å². The molecular weight excluding hydrogens is 463 g/mol. The van der Waals surface area contributed by atoms with Gasteiger partial charge in [-0.3, -0.25) is 14.6 Å². The summed E-state index contributed by atoms with van der Waals surface area (Å²) in [4.78, 5) is 31.0. The van der Waals surface area contributed by atoms with E-state index in [-0.39, 0.29) is 42.2 Å². The standard InChI is InChI=1S/C22H23ClF3N3O4/c1-13(14-3-4-19(17(23)9-14)33-12-22(24,25)26)29-11-16-15(21(29)32)5-7-27-18(16)10-20(31)28-6-2-8-30/h3-5,7,9,13,30H,2,6,8,10-12H2,1H3,(H,28,31). The molecule has 0 fully saturated rings. The summed E-state index contributed by atoms with van der Waals surface area (Å²) in [5.74, 6) is -0.598. The number of rotatable bonds is 9. The zero-order valence-electron chi connectivity index (χ0n) is 17.8. The van der Waals surface area contributed by atoms with E-state index in [1.807, 2.05) is 0 Å². The Kier molecular flexibility index (Phi) is 7.80. The highest BCUT2D eigenvalue weighted by Gasteiger charge is 2.34. The molecule has 0 aliphatic carbocycles. The van der Waals surface area contributed by atoms with E-state index in [9.17, 15) is 22.8 Å². The maximum absolute atomic E-state index is 13.0. The Morgan fingerprint density at radius 3 is 2.79 bits per heavy atom. The van der Waals surface area contributed by atoms with Gasteiger partial charge in [0, 0.05) is 37.0 Å². The number of hydrogen-bond donors (Lipinski definition) is 2. The SMILES string of the molecule is CC(c1ccc(OCC(F)(F)F)c(Cl)c1)N1Cc2c(ccnc2CC(=O)NCCCO)C1=O. The van der Waals surface area contributed by atoms with Crippen molar-refractivity contribution in [2.24, 2.45) is 0 Å². The second kappa shape index (κ2) is 10.4. The minimum absolute atomic E-state index is 0.00116. The van der Waals surface area contributed by atoms with Crippen molar-refractivity contribution in [2.75, 3.05) is 19.8 Å². The fourth-order valence-electron chi connectivity index (χ4n) is 3.53. The van der Waals surface area contributed by atoms with Gasteiger partial charge in [0.05, 0.1) is 23.2 Å². The predicted octanol–water partition coefficient (Wildman–Crippen LogP) is 3.43. The lowest BCUT2D eigenvalue weighted by Crippen LogP contribution is -2.28. The van der Waals surface area contributed by atoms with Gasteiger partial charge in [0.25, 0.3) is 5.91 Å². The van der Waals surface area contributed by atoms with E-state index in [4.69, 9.17) is 21.4 Å². The molecule has 0 radical (unpaired) electrons. The first kappa shape index (κ1) is 24.8. The Balaban J connectivity index is 1.73. The summed E-state index contributed by atoms with van der Waals surface area (Å²) in [6.45, 7) is 0.869. The fraction of sp³-hybridized carbons (Fsp3) is 0.409. The van der Waals surface area contributed by atoms with Crippen LogP contribution in [0.1, 0.15) is 46.6 Å². The fourth-order valence-corrected chi connectivity index (χ4v) is 3.77. The molecule has 2 N–H and O–H groups in total. The van der Waals surface area contributed by atoms with Gasteiger partial charge in [-0.25, -0.2) is 0 Å². The topological polar surface area (TPSA) is 91.8 Å². The van der Waals surface area contributed by atoms with Crippen LogP contribution in [0.25, 0.3) is 0 Å². The summed E-state index contributed by atoms with van der Waals surface area (Å²) in [5.41, 5.74) is 2.22. The molecule has 0 saturated carbocycles. The van der Waals surface area contributed by atoms with Crippen molar-refractivity contribution in [3.8, 4) is 5.75 Å². The lowest BCUT2D eigenvalue weighted by molar-refractivity contribution is -0.153. The molecule has 2 heterocycles. The molecule has 1 aliphatic rings. The predicted molar refractivity (Wildman–Crippen MR) is 114 cm³/mol. The number of aromatic nitrogens is 1. The summed E-state index contributed by atoms with van der Waals surface area (Å²) >= 11 is 6.10. The molecule has 3 rings (SSSR count). The molecule has 2 aromatic rings. The Labute approximate surface area is 193 Å². The van der Waals surface area contributed by atoms with E-state index in [2.05, 4.69) is 10.3 Å². The third kappa shape index (κ3) is 6.14. The number of alkyl halides is 3. The first-order valence-corrected chi connectivity index (χ1v) is 10.6. The van der Waals surface area contributed by atoms with Crippen molar-refractivity contribution >= 4 is 23.4 Å². The first-order chi connectivity index (χ1) is 15.6. The summed E-state index contributed by atoms with van der Waals surface area (Å²) in [7, 11) is 0. The van der Waals surface area contributed by atoms with Crippen LogP contribution < -0.4 is 10.1 Å². The molecule has 1 aromatic carbocycles. The van der Waals surface area contributed by atoms with E-state index in [1.165, 1.54) is 18.3 Å². The molecule has 178 valence electrons. The number of pyridine rings is 1. The summed E-state index contributed by atoms with van der Waals surface area (Å²) < 4.78 is 41.9. The van der Waals surface area contributed by atoms with Crippen LogP contribution in [-0.2, 0) is 17.8 Å². The monoisotopic (exact) mass is 485 g/mol. The van der Waals surface area contributed by atoms with Crippen molar-refractivity contribution in [3.05, 3.63) is 57.9 Å². The molecule has 0 saturated heterocycles. The van der Waals surface area contributed by atoms with Gasteiger partial charge in [0.1, 0.15) is 5.75 Å². The third-order valence-electron chi connectivity index (χ3n) is 5.25. The molecule has 0 bridgehead atoms. The molecular formula is C22H23ClF3N3O4. The summed E-state index contributed by atoms with van der Waals surface area (Å²) in [6.07, 6.45) is -2.56. The molecule has 11 heteroatoms. The number of aliphatic hydroxyl groups excluding tert-OH is 1. The van der Waals surface area contributed by atoms with Crippen LogP contribution >= 0.6 is 11.6 Å². The van der Waals surface area contributed by atoms with Crippen molar-refractivity contribution in [2.45, 2.75) is 38.5 Å². The van der Waals surface area contributed by atoms with Gasteiger partial charge in [-0.1, -0.05) is 17.7 Å². The van der Waals surface area contributed by atoms with Crippen LogP contribution in [0.15, 0.2) is 30.5 Å². The van der Waals surface area contributed by atoms with Crippen molar-refractivity contribution < 1.29 is 32.6 Å². The highest BCUT2D eigenvalue weighted by molar-refractivity contribution is 6.32. The van der Waals surface area contributed by atoms with Gasteiger partial charge in [-0.2, -0.15) is 13.2 Å². The number of carbonyl (C=O) groups excluding carboxylic acids is 2. The number of aliphatic hydroxyl groups is 1. The van der Waals surface area contributed by atoms with Crippen LogP contribution in [0, 0.1) is 0 Å². The number of ether oxygens (including phenoxy) is 1. The van der Waals surface area contributed by atoms with E-state index in [1.54, 1.807) is 24.0 Å². The van der Waals surface area contributed by atoms with Crippen LogP contribution in [0.5, 0.6) is 5.75 Å². The molecule has 33 heavy (non-hydrogen) atoms. The Bertz CT molecular complexity index is 1030. The van der Waals surface area contributed by atoms with Crippen LogP contribution in [0.2, 0.25) is 5.02 Å². The highest BCUT2D eigenvalue weighted by Crippen LogP contribution is 2.35. The number of carbonyl (C=O) groups is 2. The molecule has 1 aromatic heterocycles. The summed E-state index contributed by atoms with van der Waals surface area (Å²) in [5, 5.41) is 11.5. The number of amides is 2. The molecule has 0 spiro atoms. The lowest BCUT2D eigenvalue weighted by Gasteiger charge is -2.25. The van der Waals surface area contributed by atoms with E-state index in [0.717, 1.165) is 0 Å². The average Bonchev–Trinajstić information content (AvgIpc) is 3.09. The van der Waals surface area contributed by atoms with Crippen LogP contribution in [-0.4, -0.2) is 52.7 Å². The molecule has 2 amide bonds. The summed E-state index contributed by atoms with van der Waals surface area (Å²) in [6, 6.07) is 5.54. The van der Waals surface area contributed by atoms with Gasteiger partial charge in [-0.15, -0.1) is 0 Å². The molecule has 7 nitrogen and oxygen atoms in total. The average molecular weight is 486 g/mol. The second-order valence-corrected chi connectivity index (χ2v) is 8.00. The smallest absolute Gasteiger partial charge is 0.422 e. The molecule has 1 aliphatic heterocycles. The number of hydrogen-bond acceptors (Lipinski definition) is 5. The minimum Gasteiger partial charge on any atom is -0.483 e. The van der Waals surface area contributed by atoms with Gasteiger partial charge >= 0.3 is 6.18 Å². The minimum atomic E-state index is -4.48. The largest absolute Gasteiger partial charge is 0.483 e. The maximum Gasteiger partial charge on any atom is 0.422 e. The van der Waals surface area contributed by atoms with Gasteiger partial charge in [0.15, 0.2) is 6.61 Å². The van der Waals surface area contributed by atoms with E-state index in [0.29, 0.717) is 35.3 Å². The number of fused-ring (bicyclic) bond motifs is 1. The van der Waals surface area contributed by atoms with Crippen molar-refractivity contribution in [1.82, 2.24) is 15.2 Å². The third-order valence-corrected chi connectivity index (χ3v) is 5.54. The van der Waals surface area contributed by atoms with E-state index < -0.39 is 18.8 Å². The number of nitrogens with one attached hydrogen (secondary N) is 1. The first-order valence-electron chi connectivity index (χ1n) is 10.2. The Morgan fingerprint density at radius 1 is 1.36 bits per heavy atom. The zero-order valence-corrected chi connectivity index (χ0v) is 18.5. The van der Waals surface area contributed by atoms with Gasteiger partial charge in [0.2, 0.25) is 5.91 Å². The number of benzene rings is 1. The molecule has 1 atom stereocenters. The number of halogens is 4. The second-order valence-electron chi connectivity index (χ2n) is 7.59. The quantitative estimate of drug-likeness (QED) is 0.531. The van der Waals surface area contributed by atoms with Gasteiger partial charge in [-0.05, 0) is 37.1 Å². The van der Waals surface area contributed by atoms with Gasteiger partial charge < -0.3 is 20.1 Å².